The lowest BCUT2D eigenvalue weighted by Crippen LogP contribution is -2.06. The zero-order valence-corrected chi connectivity index (χ0v) is 8.64. The predicted octanol–water partition coefficient (Wildman–Crippen LogP) is 1.62. The van der Waals surface area contributed by atoms with Gasteiger partial charge in [-0.05, 0) is 6.07 Å². The highest BCUT2D eigenvalue weighted by atomic mass is 19.3. The molecule has 86 valence electrons. The Hall–Kier alpha value is -1.92. The highest BCUT2D eigenvalue weighted by molar-refractivity contribution is 5.32. The van der Waals surface area contributed by atoms with Crippen LogP contribution in [-0.2, 0) is 13.6 Å². The zero-order valence-electron chi connectivity index (χ0n) is 8.64. The van der Waals surface area contributed by atoms with Crippen molar-refractivity contribution < 1.29 is 8.78 Å². The van der Waals surface area contributed by atoms with Crippen LogP contribution >= 0.6 is 0 Å². The second-order valence-corrected chi connectivity index (χ2v) is 3.26. The van der Waals surface area contributed by atoms with Gasteiger partial charge in [0.05, 0.1) is 12.2 Å². The van der Waals surface area contributed by atoms with E-state index in [-0.39, 0.29) is 0 Å². The van der Waals surface area contributed by atoms with E-state index in [0.717, 1.165) is 5.69 Å². The van der Waals surface area contributed by atoms with Crippen LogP contribution in [0.3, 0.4) is 0 Å². The lowest BCUT2D eigenvalue weighted by molar-refractivity contribution is 0.0569. The summed E-state index contributed by atoms with van der Waals surface area (Å²) in [6.45, 7) is -2.11. The van der Waals surface area contributed by atoms with Gasteiger partial charge in [-0.2, -0.15) is 19.0 Å². The van der Waals surface area contributed by atoms with E-state index in [1.807, 2.05) is 13.1 Å². The first kappa shape index (κ1) is 10.6. The molecular weight excluding hydrogens is 216 g/mol. The van der Waals surface area contributed by atoms with Crippen LogP contribution in [0.2, 0.25) is 0 Å². The summed E-state index contributed by atoms with van der Waals surface area (Å²) < 4.78 is 26.7. The normalized spacial score (nSPS) is 11.0. The van der Waals surface area contributed by atoms with E-state index in [1.165, 1.54) is 12.3 Å². The summed E-state index contributed by atoms with van der Waals surface area (Å²) in [5, 5.41) is 10.6. The molecule has 2 aromatic rings. The number of hydrogen-bond donors (Lipinski definition) is 1. The summed E-state index contributed by atoms with van der Waals surface area (Å²) in [7, 11) is 1.81. The van der Waals surface area contributed by atoms with E-state index in [0.29, 0.717) is 17.0 Å². The number of alkyl halides is 2. The molecule has 0 unspecified atom stereocenters. The van der Waals surface area contributed by atoms with Gasteiger partial charge in [0.1, 0.15) is 5.82 Å². The number of hydrogen-bond acceptors (Lipinski definition) is 3. The van der Waals surface area contributed by atoms with Gasteiger partial charge in [0.25, 0.3) is 0 Å². The van der Waals surface area contributed by atoms with E-state index in [1.54, 1.807) is 10.9 Å². The molecule has 7 heteroatoms. The molecule has 0 fully saturated rings. The Balaban J connectivity index is 1.97. The largest absolute Gasteiger partial charge is 0.363 e. The van der Waals surface area contributed by atoms with Gasteiger partial charge in [0, 0.05) is 25.5 Å². The molecule has 0 saturated heterocycles. The van der Waals surface area contributed by atoms with Crippen LogP contribution in [-0.4, -0.2) is 19.6 Å². The van der Waals surface area contributed by atoms with Gasteiger partial charge in [0.2, 0.25) is 0 Å². The summed E-state index contributed by atoms with van der Waals surface area (Å²) in [5.74, 6) is 0.418. The third-order valence-electron chi connectivity index (χ3n) is 2.18. The monoisotopic (exact) mass is 227 g/mol. The molecule has 5 nitrogen and oxygen atoms in total. The van der Waals surface area contributed by atoms with Crippen LogP contribution in [0.5, 0.6) is 0 Å². The van der Waals surface area contributed by atoms with Crippen LogP contribution in [0.15, 0.2) is 24.5 Å². The molecule has 0 aliphatic rings. The maximum absolute atomic E-state index is 12.2. The average Bonchev–Trinajstić information content (AvgIpc) is 2.83. The van der Waals surface area contributed by atoms with Gasteiger partial charge in [-0.25, -0.2) is 4.68 Å². The molecule has 1 N–H and O–H groups in total. The number of nitrogens with zero attached hydrogens (tertiary/aromatic N) is 4. The van der Waals surface area contributed by atoms with Crippen molar-refractivity contribution in [3.63, 3.8) is 0 Å². The Morgan fingerprint density at radius 3 is 2.81 bits per heavy atom. The Labute approximate surface area is 90.7 Å². The molecule has 0 atom stereocenters. The molecule has 2 heterocycles. The highest BCUT2D eigenvalue weighted by Crippen LogP contribution is 2.12. The number of nitrogens with one attached hydrogen (secondary N) is 1. The summed E-state index contributed by atoms with van der Waals surface area (Å²) in [5.41, 5.74) is 0.951. The molecule has 0 aliphatic carbocycles. The predicted molar refractivity (Wildman–Crippen MR) is 54.0 cm³/mol. The van der Waals surface area contributed by atoms with E-state index in [2.05, 4.69) is 15.5 Å². The van der Waals surface area contributed by atoms with E-state index in [4.69, 9.17) is 0 Å². The molecule has 2 rings (SSSR count). The van der Waals surface area contributed by atoms with Crippen LogP contribution in [0.25, 0.3) is 0 Å². The second kappa shape index (κ2) is 4.30. The first-order valence-electron chi connectivity index (χ1n) is 4.71. The van der Waals surface area contributed by atoms with Gasteiger partial charge in [-0.3, -0.25) is 4.68 Å². The van der Waals surface area contributed by atoms with Gasteiger partial charge in [0.15, 0.2) is 0 Å². The van der Waals surface area contributed by atoms with Crippen molar-refractivity contribution >= 4 is 5.82 Å². The van der Waals surface area contributed by atoms with Crippen molar-refractivity contribution in [1.29, 1.82) is 0 Å². The smallest absolute Gasteiger partial charge is 0.333 e. The Bertz CT molecular complexity index is 462. The maximum atomic E-state index is 12.2. The van der Waals surface area contributed by atoms with Crippen LogP contribution in [0.4, 0.5) is 14.6 Å². The molecule has 0 aliphatic heterocycles. The molecule has 16 heavy (non-hydrogen) atoms. The zero-order chi connectivity index (χ0) is 11.5. The standard InChI is InChI=1S/C9H11F2N5/c1-15-7(2-4-13-15)6-12-8-3-5-16(14-8)9(10)11/h2-5,9H,6H2,1H3,(H,12,14). The number of aryl methyl sites for hydroxylation is 1. The van der Waals surface area contributed by atoms with Crippen LogP contribution < -0.4 is 5.32 Å². The Morgan fingerprint density at radius 2 is 2.25 bits per heavy atom. The first-order chi connectivity index (χ1) is 7.66. The van der Waals surface area contributed by atoms with Crippen molar-refractivity contribution in [2.24, 2.45) is 7.05 Å². The molecule has 0 bridgehead atoms. The van der Waals surface area contributed by atoms with Crippen molar-refractivity contribution in [2.75, 3.05) is 5.32 Å². The van der Waals surface area contributed by atoms with Crippen molar-refractivity contribution in [2.45, 2.75) is 13.1 Å². The molecule has 2 aromatic heterocycles. The van der Waals surface area contributed by atoms with Gasteiger partial charge < -0.3 is 5.32 Å². The van der Waals surface area contributed by atoms with Gasteiger partial charge in [-0.15, -0.1) is 0 Å². The Kier molecular flexibility index (Phi) is 2.84. The minimum atomic E-state index is -2.60. The topological polar surface area (TPSA) is 47.7 Å². The molecule has 0 amide bonds. The molecule has 0 saturated carbocycles. The summed E-state index contributed by atoms with van der Waals surface area (Å²) in [6, 6.07) is 3.35. The van der Waals surface area contributed by atoms with Crippen LogP contribution in [0.1, 0.15) is 12.2 Å². The van der Waals surface area contributed by atoms with Crippen molar-refractivity contribution in [3.05, 3.63) is 30.2 Å². The molecule has 0 radical (unpaired) electrons. The quantitative estimate of drug-likeness (QED) is 0.863. The maximum Gasteiger partial charge on any atom is 0.333 e. The summed E-state index contributed by atoms with van der Waals surface area (Å²) in [4.78, 5) is 0. The second-order valence-electron chi connectivity index (χ2n) is 3.26. The highest BCUT2D eigenvalue weighted by Gasteiger charge is 2.07. The van der Waals surface area contributed by atoms with Crippen molar-refractivity contribution in [1.82, 2.24) is 19.6 Å². The third kappa shape index (κ3) is 2.18. The van der Waals surface area contributed by atoms with E-state index in [9.17, 15) is 8.78 Å². The minimum Gasteiger partial charge on any atom is -0.363 e. The molecular formula is C9H11F2N5. The van der Waals surface area contributed by atoms with E-state index < -0.39 is 6.55 Å². The van der Waals surface area contributed by atoms with Crippen LogP contribution in [0, 0.1) is 0 Å². The number of aromatic nitrogens is 4. The minimum absolute atomic E-state index is 0.418. The average molecular weight is 227 g/mol. The van der Waals surface area contributed by atoms with Crippen molar-refractivity contribution in [3.8, 4) is 0 Å². The number of rotatable bonds is 4. The third-order valence-corrected chi connectivity index (χ3v) is 2.18. The lowest BCUT2D eigenvalue weighted by atomic mass is 10.4. The lowest BCUT2D eigenvalue weighted by Gasteiger charge is -2.03. The fraction of sp³-hybridized carbons (Fsp3) is 0.333. The molecule has 0 spiro atoms. The Morgan fingerprint density at radius 1 is 1.44 bits per heavy atom. The molecule has 0 aromatic carbocycles. The number of anilines is 1. The fourth-order valence-electron chi connectivity index (χ4n) is 1.30. The fourth-order valence-corrected chi connectivity index (χ4v) is 1.30. The summed E-state index contributed by atoms with van der Waals surface area (Å²) >= 11 is 0. The summed E-state index contributed by atoms with van der Waals surface area (Å²) in [6.07, 6.45) is 2.91. The van der Waals surface area contributed by atoms with Gasteiger partial charge in [-0.1, -0.05) is 0 Å². The van der Waals surface area contributed by atoms with E-state index >= 15 is 0 Å². The first-order valence-corrected chi connectivity index (χ1v) is 4.71. The SMILES string of the molecule is Cn1nccc1CNc1ccn(C(F)F)n1. The number of halogens is 2. The van der Waals surface area contributed by atoms with Gasteiger partial charge >= 0.3 is 6.55 Å².